The van der Waals surface area contributed by atoms with Gasteiger partial charge >= 0.3 is 0 Å². The average molecular weight is 280 g/mol. The molecule has 6 heteroatoms. The van der Waals surface area contributed by atoms with Crippen molar-refractivity contribution in [3.63, 3.8) is 0 Å². The summed E-state index contributed by atoms with van der Waals surface area (Å²) < 4.78 is 26.7. The zero-order chi connectivity index (χ0) is 14.7. The van der Waals surface area contributed by atoms with E-state index in [4.69, 9.17) is 0 Å². The Hall–Kier alpha value is -2.24. The minimum absolute atomic E-state index is 0.251. The standard InChI is InChI=1S/C14H14F2N2O2/c1-2-6-17-13(19)8-7-9(8)14(20)18-12-10(15)4-3-5-11(12)16/h2-5,8-9H,1,6-7H2,(H,17,19)(H,18,20). The van der Waals surface area contributed by atoms with E-state index in [1.54, 1.807) is 0 Å². The lowest BCUT2D eigenvalue weighted by atomic mass is 10.2. The van der Waals surface area contributed by atoms with E-state index in [0.29, 0.717) is 13.0 Å². The minimum Gasteiger partial charge on any atom is -0.352 e. The fourth-order valence-electron chi connectivity index (χ4n) is 1.91. The summed E-state index contributed by atoms with van der Waals surface area (Å²) in [7, 11) is 0. The molecule has 1 aliphatic rings. The zero-order valence-electron chi connectivity index (χ0n) is 10.7. The highest BCUT2D eigenvalue weighted by atomic mass is 19.1. The average Bonchev–Trinajstić information content (AvgIpc) is 3.20. The monoisotopic (exact) mass is 280 g/mol. The summed E-state index contributed by atoms with van der Waals surface area (Å²) in [4.78, 5) is 23.4. The Labute approximate surface area is 114 Å². The number of nitrogens with one attached hydrogen (secondary N) is 2. The third-order valence-corrected chi connectivity index (χ3v) is 3.10. The number of para-hydroxylation sites is 1. The van der Waals surface area contributed by atoms with Gasteiger partial charge in [0.1, 0.15) is 17.3 Å². The third kappa shape index (κ3) is 3.01. The molecular formula is C14H14F2N2O2. The Balaban J connectivity index is 1.94. The third-order valence-electron chi connectivity index (χ3n) is 3.10. The lowest BCUT2D eigenvalue weighted by Gasteiger charge is -2.07. The van der Waals surface area contributed by atoms with Gasteiger partial charge in [0.15, 0.2) is 0 Å². The van der Waals surface area contributed by atoms with Crippen LogP contribution in [0.1, 0.15) is 6.42 Å². The number of rotatable bonds is 5. The molecular weight excluding hydrogens is 266 g/mol. The predicted molar refractivity (Wildman–Crippen MR) is 69.8 cm³/mol. The molecule has 1 aromatic carbocycles. The summed E-state index contributed by atoms with van der Waals surface area (Å²) >= 11 is 0. The van der Waals surface area contributed by atoms with Crippen molar-refractivity contribution in [2.75, 3.05) is 11.9 Å². The van der Waals surface area contributed by atoms with Gasteiger partial charge in [0.05, 0.1) is 11.8 Å². The van der Waals surface area contributed by atoms with Crippen LogP contribution in [0.4, 0.5) is 14.5 Å². The van der Waals surface area contributed by atoms with Crippen LogP contribution in [0.25, 0.3) is 0 Å². The summed E-state index contributed by atoms with van der Waals surface area (Å²) in [6.45, 7) is 3.79. The van der Waals surface area contributed by atoms with Gasteiger partial charge in [-0.1, -0.05) is 12.1 Å². The summed E-state index contributed by atoms with van der Waals surface area (Å²) in [5, 5.41) is 4.77. The van der Waals surface area contributed by atoms with Crippen LogP contribution in [0.15, 0.2) is 30.9 Å². The molecule has 0 heterocycles. The second kappa shape index (κ2) is 5.81. The Morgan fingerprint density at radius 1 is 1.25 bits per heavy atom. The van der Waals surface area contributed by atoms with E-state index in [2.05, 4.69) is 17.2 Å². The Bertz CT molecular complexity index is 540. The molecule has 1 aliphatic carbocycles. The van der Waals surface area contributed by atoms with Crippen LogP contribution >= 0.6 is 0 Å². The molecule has 0 bridgehead atoms. The van der Waals surface area contributed by atoms with Crippen LogP contribution in [-0.2, 0) is 9.59 Å². The molecule has 1 aromatic rings. The molecule has 2 atom stereocenters. The van der Waals surface area contributed by atoms with Crippen molar-refractivity contribution in [3.05, 3.63) is 42.5 Å². The Morgan fingerprint density at radius 3 is 2.45 bits per heavy atom. The highest BCUT2D eigenvalue weighted by Gasteiger charge is 2.48. The first-order valence-corrected chi connectivity index (χ1v) is 6.18. The van der Waals surface area contributed by atoms with E-state index in [1.807, 2.05) is 0 Å². The molecule has 106 valence electrons. The Morgan fingerprint density at radius 2 is 1.85 bits per heavy atom. The van der Waals surface area contributed by atoms with Gasteiger partial charge in [-0.05, 0) is 18.6 Å². The number of hydrogen-bond donors (Lipinski definition) is 2. The van der Waals surface area contributed by atoms with Crippen molar-refractivity contribution in [2.45, 2.75) is 6.42 Å². The van der Waals surface area contributed by atoms with Crippen LogP contribution in [0.2, 0.25) is 0 Å². The normalized spacial score (nSPS) is 20.1. The van der Waals surface area contributed by atoms with Crippen molar-refractivity contribution < 1.29 is 18.4 Å². The maximum absolute atomic E-state index is 13.4. The molecule has 0 radical (unpaired) electrons. The molecule has 2 amide bonds. The van der Waals surface area contributed by atoms with Crippen molar-refractivity contribution in [2.24, 2.45) is 11.8 Å². The van der Waals surface area contributed by atoms with Gasteiger partial charge in [0, 0.05) is 6.54 Å². The van der Waals surface area contributed by atoms with E-state index < -0.39 is 35.1 Å². The van der Waals surface area contributed by atoms with Gasteiger partial charge in [0.25, 0.3) is 0 Å². The first kappa shape index (κ1) is 14.2. The number of amides is 2. The van der Waals surface area contributed by atoms with E-state index in [-0.39, 0.29) is 5.91 Å². The molecule has 2 unspecified atom stereocenters. The van der Waals surface area contributed by atoms with Gasteiger partial charge in [-0.15, -0.1) is 6.58 Å². The number of carbonyl (C=O) groups excluding carboxylic acids is 2. The van der Waals surface area contributed by atoms with E-state index in [1.165, 1.54) is 12.1 Å². The van der Waals surface area contributed by atoms with Crippen molar-refractivity contribution in [1.82, 2.24) is 5.32 Å². The van der Waals surface area contributed by atoms with Crippen LogP contribution < -0.4 is 10.6 Å². The number of carbonyl (C=O) groups is 2. The summed E-state index contributed by atoms with van der Waals surface area (Å²) in [5.41, 5.74) is -0.477. The first-order chi connectivity index (χ1) is 9.54. The van der Waals surface area contributed by atoms with Gasteiger partial charge < -0.3 is 10.6 Å². The predicted octanol–water partition coefficient (Wildman–Crippen LogP) is 1.84. The molecule has 2 N–H and O–H groups in total. The second-order valence-corrected chi connectivity index (χ2v) is 4.57. The lowest BCUT2D eigenvalue weighted by molar-refractivity contribution is -0.125. The number of anilines is 1. The van der Waals surface area contributed by atoms with Gasteiger partial charge in [0.2, 0.25) is 11.8 Å². The number of halogens is 2. The molecule has 0 spiro atoms. The topological polar surface area (TPSA) is 58.2 Å². The molecule has 2 rings (SSSR count). The van der Waals surface area contributed by atoms with E-state index in [9.17, 15) is 18.4 Å². The quantitative estimate of drug-likeness (QED) is 0.809. The van der Waals surface area contributed by atoms with Gasteiger partial charge in [-0.3, -0.25) is 9.59 Å². The Kier molecular flexibility index (Phi) is 4.12. The number of hydrogen-bond acceptors (Lipinski definition) is 2. The smallest absolute Gasteiger partial charge is 0.228 e. The van der Waals surface area contributed by atoms with Gasteiger partial charge in [-0.2, -0.15) is 0 Å². The van der Waals surface area contributed by atoms with Crippen molar-refractivity contribution in [1.29, 1.82) is 0 Å². The molecule has 1 fully saturated rings. The zero-order valence-corrected chi connectivity index (χ0v) is 10.7. The molecule has 20 heavy (non-hydrogen) atoms. The van der Waals surface area contributed by atoms with E-state index in [0.717, 1.165) is 12.1 Å². The van der Waals surface area contributed by atoms with Crippen LogP contribution in [0.3, 0.4) is 0 Å². The first-order valence-electron chi connectivity index (χ1n) is 6.18. The lowest BCUT2D eigenvalue weighted by Crippen LogP contribution is -2.27. The highest BCUT2D eigenvalue weighted by molar-refractivity contribution is 5.99. The van der Waals surface area contributed by atoms with Crippen LogP contribution in [-0.4, -0.2) is 18.4 Å². The molecule has 0 saturated heterocycles. The fourth-order valence-corrected chi connectivity index (χ4v) is 1.91. The van der Waals surface area contributed by atoms with Crippen LogP contribution in [0.5, 0.6) is 0 Å². The molecule has 1 saturated carbocycles. The summed E-state index contributed by atoms with van der Waals surface area (Å²) in [5.74, 6) is -3.46. The second-order valence-electron chi connectivity index (χ2n) is 4.57. The maximum Gasteiger partial charge on any atom is 0.228 e. The van der Waals surface area contributed by atoms with Crippen molar-refractivity contribution >= 4 is 17.5 Å². The largest absolute Gasteiger partial charge is 0.352 e. The highest BCUT2D eigenvalue weighted by Crippen LogP contribution is 2.39. The van der Waals surface area contributed by atoms with E-state index >= 15 is 0 Å². The van der Waals surface area contributed by atoms with Gasteiger partial charge in [-0.25, -0.2) is 8.78 Å². The molecule has 0 aliphatic heterocycles. The fraction of sp³-hybridized carbons (Fsp3) is 0.286. The summed E-state index contributed by atoms with van der Waals surface area (Å²) in [6, 6.07) is 3.32. The maximum atomic E-state index is 13.4. The number of benzene rings is 1. The molecule has 0 aromatic heterocycles. The molecule has 4 nitrogen and oxygen atoms in total. The minimum atomic E-state index is -0.841. The summed E-state index contributed by atoms with van der Waals surface area (Å²) in [6.07, 6.45) is 1.91. The van der Waals surface area contributed by atoms with Crippen molar-refractivity contribution in [3.8, 4) is 0 Å². The van der Waals surface area contributed by atoms with Crippen LogP contribution in [0, 0.1) is 23.5 Å². The SMILES string of the molecule is C=CCNC(=O)C1CC1C(=O)Nc1c(F)cccc1F.